The summed E-state index contributed by atoms with van der Waals surface area (Å²) in [5.74, 6) is 0.572. The first-order valence-electron chi connectivity index (χ1n) is 12.6. The molecule has 0 spiro atoms. The molecule has 1 aliphatic carbocycles. The van der Waals surface area contributed by atoms with E-state index in [4.69, 9.17) is 4.74 Å². The number of allylic oxidation sites excluding steroid dienone is 1. The topological polar surface area (TPSA) is 26.3 Å². The van der Waals surface area contributed by atoms with Gasteiger partial charge < -0.3 is 0 Å². The fourth-order valence-electron chi connectivity index (χ4n) is 5.45. The molecule has 2 aliphatic rings. The predicted molar refractivity (Wildman–Crippen MR) is 147 cm³/mol. The molecule has 1 saturated heterocycles. The number of hydrogen-bond donors (Lipinski definition) is 0. The van der Waals surface area contributed by atoms with E-state index >= 15 is 0 Å². The maximum absolute atomic E-state index is 13.2. The van der Waals surface area contributed by atoms with Crippen LogP contribution in [0.1, 0.15) is 37.7 Å². The van der Waals surface area contributed by atoms with Crippen LogP contribution in [-0.4, -0.2) is 47.9 Å². The molecule has 0 bridgehead atoms. The van der Waals surface area contributed by atoms with Crippen molar-refractivity contribution in [3.63, 3.8) is 0 Å². The second kappa shape index (κ2) is 11.9. The van der Waals surface area contributed by atoms with Crippen LogP contribution in [0.4, 0.5) is 0 Å². The summed E-state index contributed by atoms with van der Waals surface area (Å²) in [7, 11) is 0. The Hall–Kier alpha value is -1.93. The quantitative estimate of drug-likeness (QED) is 0.224. The van der Waals surface area contributed by atoms with Crippen LogP contribution in [0.3, 0.4) is 0 Å². The number of rotatable bonds is 11. The average Bonchev–Trinajstić information content (AvgIpc) is 3.42. The molecule has 5 rings (SSSR count). The van der Waals surface area contributed by atoms with Gasteiger partial charge in [-0.25, -0.2) is 0 Å². The number of hydrogen-bond acceptors (Lipinski definition) is 2. The van der Waals surface area contributed by atoms with Crippen molar-refractivity contribution >= 4 is 50.2 Å². The number of benzene rings is 3. The molecule has 1 atom stereocenters. The summed E-state index contributed by atoms with van der Waals surface area (Å²) >= 11 is 0.970. The second-order valence-corrected chi connectivity index (χ2v) is 14.2. The number of Topliss-reactive ketones (excluding diaryl/α,β-unsaturated/α-hetero) is 1. The van der Waals surface area contributed by atoms with Gasteiger partial charge in [0.15, 0.2) is 0 Å². The molecule has 3 aromatic carbocycles. The van der Waals surface area contributed by atoms with Crippen LogP contribution in [0.15, 0.2) is 96.6 Å². The summed E-state index contributed by atoms with van der Waals surface area (Å²) in [5, 5.41) is 2.42. The van der Waals surface area contributed by atoms with Crippen LogP contribution in [0, 0.1) is 5.92 Å². The van der Waals surface area contributed by atoms with Crippen LogP contribution in [-0.2, 0) is 9.53 Å². The van der Waals surface area contributed by atoms with E-state index in [1.807, 2.05) is 18.2 Å². The number of fused-ring (bicyclic) bond motifs is 1. The Labute approximate surface area is 221 Å². The van der Waals surface area contributed by atoms with Crippen molar-refractivity contribution in [3.05, 3.63) is 102 Å². The minimum absolute atomic E-state index is 0.261. The van der Waals surface area contributed by atoms with Gasteiger partial charge in [-0.3, -0.25) is 0 Å². The molecule has 0 unspecified atom stereocenters. The van der Waals surface area contributed by atoms with E-state index in [2.05, 4.69) is 72.8 Å². The summed E-state index contributed by atoms with van der Waals surface area (Å²) in [6, 6.07) is 32.0. The first-order chi connectivity index (χ1) is 17.3. The van der Waals surface area contributed by atoms with E-state index in [-0.39, 0.29) is 11.5 Å². The summed E-state index contributed by atoms with van der Waals surface area (Å²) in [6.07, 6.45) is 4.95. The minimum atomic E-state index is -0.276. The molecule has 3 aromatic rings. The molecule has 1 aliphatic heterocycles. The Morgan fingerprint density at radius 3 is 1.80 bits per heavy atom. The first-order valence-corrected chi connectivity index (χ1v) is 16.7. The molecule has 0 saturated carbocycles. The molecule has 2 nitrogen and oxygen atoms in total. The van der Waals surface area contributed by atoms with Crippen LogP contribution in [0.2, 0.25) is 10.6 Å². The Morgan fingerprint density at radius 2 is 1.26 bits per heavy atom. The molecule has 180 valence electrons. The van der Waals surface area contributed by atoms with Crippen molar-refractivity contribution in [1.29, 1.82) is 0 Å². The summed E-state index contributed by atoms with van der Waals surface area (Å²) in [5.41, 5.74) is 3.09. The van der Waals surface area contributed by atoms with E-state index < -0.39 is 0 Å². The van der Waals surface area contributed by atoms with Gasteiger partial charge in [-0.1, -0.05) is 0 Å². The van der Waals surface area contributed by atoms with Crippen molar-refractivity contribution in [3.8, 4) is 0 Å². The molecule has 0 N–H and O–H groups in total. The average molecular weight is 595 g/mol. The zero-order chi connectivity index (χ0) is 23.9. The van der Waals surface area contributed by atoms with Gasteiger partial charge in [0.05, 0.1) is 0 Å². The fourth-order valence-corrected chi connectivity index (χ4v) is 9.12. The maximum atomic E-state index is 13.2. The van der Waals surface area contributed by atoms with E-state index in [0.717, 1.165) is 36.8 Å². The van der Waals surface area contributed by atoms with E-state index in [1.54, 1.807) is 0 Å². The zero-order valence-corrected chi connectivity index (χ0v) is 23.5. The Bertz CT molecular complexity index is 1090. The van der Waals surface area contributed by atoms with E-state index in [9.17, 15) is 4.79 Å². The molecule has 4 heteroatoms. The number of ketones is 1. The van der Waals surface area contributed by atoms with Gasteiger partial charge in [-0.05, 0) is 0 Å². The van der Waals surface area contributed by atoms with Crippen molar-refractivity contribution in [2.24, 2.45) is 5.92 Å². The van der Waals surface area contributed by atoms with Gasteiger partial charge in [0, 0.05) is 0 Å². The summed E-state index contributed by atoms with van der Waals surface area (Å²) < 4.78 is 9.64. The van der Waals surface area contributed by atoms with Crippen LogP contribution < -0.4 is 8.92 Å². The molecule has 1 fully saturated rings. The Balaban J connectivity index is 1.34. The number of ether oxygens (including phenoxy) is 1. The molecular formula is C31H32O2Se2. The zero-order valence-electron chi connectivity index (χ0n) is 20.0. The van der Waals surface area contributed by atoms with Crippen molar-refractivity contribution in [2.45, 2.75) is 48.3 Å². The number of carbonyl (C=O) groups excluding carboxylic acids is 1. The molecule has 1 heterocycles. The van der Waals surface area contributed by atoms with Crippen molar-refractivity contribution < 1.29 is 9.53 Å². The molecule has 0 radical (unpaired) electrons. The first kappa shape index (κ1) is 24.7. The van der Waals surface area contributed by atoms with Gasteiger partial charge in [0.25, 0.3) is 0 Å². The normalized spacial score (nSPS) is 18.7. The van der Waals surface area contributed by atoms with Gasteiger partial charge >= 0.3 is 223 Å². The van der Waals surface area contributed by atoms with Gasteiger partial charge in [0.2, 0.25) is 0 Å². The monoisotopic (exact) mass is 596 g/mol. The Morgan fingerprint density at radius 1 is 0.743 bits per heavy atom. The predicted octanol–water partition coefficient (Wildman–Crippen LogP) is 5.25. The molecule has 0 aromatic heterocycles. The van der Waals surface area contributed by atoms with Gasteiger partial charge in [-0.15, -0.1) is 0 Å². The molecular weight excluding hydrogens is 562 g/mol. The third-order valence-electron chi connectivity index (χ3n) is 6.98. The van der Waals surface area contributed by atoms with Gasteiger partial charge in [0.1, 0.15) is 0 Å². The third-order valence-corrected chi connectivity index (χ3v) is 11.6. The van der Waals surface area contributed by atoms with Crippen LogP contribution in [0.25, 0.3) is 5.57 Å². The standard InChI is InChI=1S/C31H32O2Se2/c32-28-22-25-23-33-31(18-10-20-34-26-14-6-2-7-15-26,19-11-21-35-27-16-8-3-9-17-27)30(25)29(28)24-12-4-1-5-13-24/h1-9,12-17,25H,10-11,18-23H2/t25-/m1/s1. The second-order valence-electron chi connectivity index (χ2n) is 9.31. The Kier molecular flexibility index (Phi) is 8.39. The van der Waals surface area contributed by atoms with E-state index in [1.165, 1.54) is 25.1 Å². The van der Waals surface area contributed by atoms with E-state index in [0.29, 0.717) is 48.7 Å². The van der Waals surface area contributed by atoms with Crippen LogP contribution in [0.5, 0.6) is 0 Å². The molecule has 0 amide bonds. The van der Waals surface area contributed by atoms with Crippen LogP contribution >= 0.6 is 0 Å². The fraction of sp³-hybridized carbons (Fsp3) is 0.323. The summed E-state index contributed by atoms with van der Waals surface area (Å²) in [4.78, 5) is 13.2. The van der Waals surface area contributed by atoms with Crippen molar-refractivity contribution in [1.82, 2.24) is 0 Å². The SMILES string of the molecule is O=C1C[C@@H]2COC(CCC[Se]c3ccccc3)(CCC[Se]c3ccccc3)C2=C1c1ccccc1. The third kappa shape index (κ3) is 5.91. The van der Waals surface area contributed by atoms with Crippen molar-refractivity contribution in [2.75, 3.05) is 6.61 Å². The summed E-state index contributed by atoms with van der Waals surface area (Å²) in [6.45, 7) is 0.699. The van der Waals surface area contributed by atoms with Gasteiger partial charge in [-0.2, -0.15) is 0 Å². The number of carbonyl (C=O) groups is 1. The molecule has 35 heavy (non-hydrogen) atoms.